The topological polar surface area (TPSA) is 55.9 Å². The largest absolute Gasteiger partial charge is 0.471 e. The van der Waals surface area contributed by atoms with Crippen molar-refractivity contribution in [3.05, 3.63) is 0 Å². The fourth-order valence-corrected chi connectivity index (χ4v) is 2.97. The number of carbonyl (C=O) groups is 2. The van der Waals surface area contributed by atoms with Gasteiger partial charge in [-0.3, -0.25) is 4.79 Å². The fourth-order valence-electron chi connectivity index (χ4n) is 2.97. The molecule has 22 heavy (non-hydrogen) atoms. The predicted molar refractivity (Wildman–Crippen MR) is 73.2 cm³/mol. The molecule has 2 saturated heterocycles. The number of likely N-dealkylation sites (N-methyl/N-ethyl adjacent to an activating group) is 2. The Bertz CT molecular complexity index is 443. The van der Waals surface area contributed by atoms with E-state index in [9.17, 15) is 22.8 Å². The number of hydrogen-bond acceptors (Lipinski definition) is 3. The number of nitrogens with one attached hydrogen (secondary N) is 1. The van der Waals surface area contributed by atoms with E-state index in [1.165, 1.54) is 4.90 Å². The minimum atomic E-state index is -4.87. The molecule has 6 nitrogen and oxygen atoms in total. The first kappa shape index (κ1) is 16.9. The molecule has 2 rings (SSSR count). The van der Waals surface area contributed by atoms with Crippen LogP contribution in [0.2, 0.25) is 0 Å². The number of likely N-dealkylation sites (tertiary alicyclic amines) is 2. The molecule has 9 heteroatoms. The number of carbonyl (C=O) groups excluding carboxylic acids is 2. The summed E-state index contributed by atoms with van der Waals surface area (Å²) in [6.07, 6.45) is -3.64. The van der Waals surface area contributed by atoms with Gasteiger partial charge in [-0.15, -0.1) is 0 Å². The highest BCUT2D eigenvalue weighted by Crippen LogP contribution is 2.23. The van der Waals surface area contributed by atoms with Gasteiger partial charge >= 0.3 is 18.1 Å². The Labute approximate surface area is 127 Å². The average Bonchev–Trinajstić information content (AvgIpc) is 3.12. The summed E-state index contributed by atoms with van der Waals surface area (Å²) in [4.78, 5) is 27.5. The van der Waals surface area contributed by atoms with E-state index >= 15 is 0 Å². The van der Waals surface area contributed by atoms with Crippen LogP contribution in [0.25, 0.3) is 0 Å². The average molecular weight is 322 g/mol. The summed E-state index contributed by atoms with van der Waals surface area (Å²) in [5.74, 6) is -1.86. The minimum Gasteiger partial charge on any atom is -0.333 e. The van der Waals surface area contributed by atoms with E-state index in [2.05, 4.69) is 5.32 Å². The van der Waals surface area contributed by atoms with Gasteiger partial charge in [-0.2, -0.15) is 13.2 Å². The summed E-state index contributed by atoms with van der Waals surface area (Å²) in [6.45, 7) is 1.77. The van der Waals surface area contributed by atoms with E-state index in [-0.39, 0.29) is 18.6 Å². The molecule has 2 aliphatic rings. The number of nitrogens with zero attached hydrogens (tertiary/aromatic N) is 3. The van der Waals surface area contributed by atoms with Crippen molar-refractivity contribution in [1.82, 2.24) is 20.0 Å². The number of halogens is 3. The normalized spacial score (nSPS) is 25.7. The van der Waals surface area contributed by atoms with E-state index < -0.39 is 18.1 Å². The first-order valence-electron chi connectivity index (χ1n) is 7.29. The van der Waals surface area contributed by atoms with Gasteiger partial charge in [-0.1, -0.05) is 0 Å². The van der Waals surface area contributed by atoms with E-state index in [0.29, 0.717) is 31.0 Å². The number of rotatable bonds is 2. The quantitative estimate of drug-likeness (QED) is 0.805. The third-order valence-corrected chi connectivity index (χ3v) is 4.41. The summed E-state index contributed by atoms with van der Waals surface area (Å²) in [5.41, 5.74) is 0. The van der Waals surface area contributed by atoms with Crippen LogP contribution in [0.1, 0.15) is 12.8 Å². The maximum atomic E-state index is 12.4. The number of urea groups is 1. The molecule has 0 bridgehead atoms. The Morgan fingerprint density at radius 3 is 2.27 bits per heavy atom. The second-order valence-corrected chi connectivity index (χ2v) is 5.81. The van der Waals surface area contributed by atoms with Crippen LogP contribution in [0.4, 0.5) is 18.0 Å². The molecule has 2 heterocycles. The van der Waals surface area contributed by atoms with Crippen molar-refractivity contribution in [3.63, 3.8) is 0 Å². The van der Waals surface area contributed by atoms with E-state index in [1.807, 2.05) is 7.05 Å². The maximum Gasteiger partial charge on any atom is 0.471 e. The van der Waals surface area contributed by atoms with Crippen molar-refractivity contribution in [1.29, 1.82) is 0 Å². The van der Waals surface area contributed by atoms with Crippen LogP contribution in [0, 0.1) is 0 Å². The fraction of sp³-hybridized carbons (Fsp3) is 0.846. The molecule has 0 aliphatic carbocycles. The van der Waals surface area contributed by atoms with Crippen LogP contribution < -0.4 is 5.32 Å². The van der Waals surface area contributed by atoms with Gasteiger partial charge in [0.25, 0.3) is 0 Å². The van der Waals surface area contributed by atoms with Gasteiger partial charge in [0, 0.05) is 39.3 Å². The molecule has 0 aromatic carbocycles. The molecule has 1 N–H and O–H groups in total. The van der Waals surface area contributed by atoms with Crippen molar-refractivity contribution in [3.8, 4) is 0 Å². The zero-order valence-electron chi connectivity index (χ0n) is 12.7. The van der Waals surface area contributed by atoms with E-state index in [4.69, 9.17) is 0 Å². The number of hydrogen-bond donors (Lipinski definition) is 1. The number of amides is 3. The third-order valence-electron chi connectivity index (χ3n) is 4.41. The van der Waals surface area contributed by atoms with Crippen LogP contribution in [-0.4, -0.2) is 85.2 Å². The highest BCUT2D eigenvalue weighted by atomic mass is 19.4. The summed E-state index contributed by atoms with van der Waals surface area (Å²) >= 11 is 0. The monoisotopic (exact) mass is 322 g/mol. The predicted octanol–water partition coefficient (Wildman–Crippen LogP) is 0.495. The summed E-state index contributed by atoms with van der Waals surface area (Å²) in [6, 6.07) is -0.481. The Morgan fingerprint density at radius 2 is 1.73 bits per heavy atom. The smallest absolute Gasteiger partial charge is 0.333 e. The van der Waals surface area contributed by atoms with Gasteiger partial charge < -0.3 is 20.0 Å². The van der Waals surface area contributed by atoms with Crippen molar-refractivity contribution >= 4 is 11.9 Å². The van der Waals surface area contributed by atoms with Gasteiger partial charge in [-0.25, -0.2) is 4.79 Å². The molecule has 0 saturated carbocycles. The molecule has 0 spiro atoms. The zero-order valence-corrected chi connectivity index (χ0v) is 12.7. The summed E-state index contributed by atoms with van der Waals surface area (Å²) in [7, 11) is 2.98. The molecular formula is C13H21F3N4O2. The van der Waals surface area contributed by atoms with Crippen molar-refractivity contribution in [2.75, 3.05) is 40.3 Å². The lowest BCUT2D eigenvalue weighted by Gasteiger charge is -2.27. The molecule has 0 radical (unpaired) electrons. The molecule has 2 atom stereocenters. The van der Waals surface area contributed by atoms with Gasteiger partial charge in [0.05, 0.1) is 6.04 Å². The molecule has 2 aliphatic heterocycles. The SMILES string of the molecule is CNC1CCN(C(=O)N2CCC(N(C)C(=O)C(F)(F)F)C2)C1. The highest BCUT2D eigenvalue weighted by molar-refractivity contribution is 5.82. The third kappa shape index (κ3) is 3.45. The number of alkyl halides is 3. The zero-order chi connectivity index (χ0) is 16.5. The maximum absolute atomic E-state index is 12.4. The first-order chi connectivity index (χ1) is 10.2. The Morgan fingerprint density at radius 1 is 1.14 bits per heavy atom. The Hall–Kier alpha value is -1.51. The van der Waals surface area contributed by atoms with Gasteiger partial charge in [-0.05, 0) is 19.9 Å². The Kier molecular flexibility index (Phi) is 4.84. The molecule has 3 amide bonds. The molecule has 126 valence electrons. The molecule has 2 fully saturated rings. The van der Waals surface area contributed by atoms with Gasteiger partial charge in [0.15, 0.2) is 0 Å². The van der Waals surface area contributed by atoms with E-state index in [1.54, 1.807) is 4.90 Å². The van der Waals surface area contributed by atoms with Crippen LogP contribution in [-0.2, 0) is 4.79 Å². The molecular weight excluding hydrogens is 301 g/mol. The lowest BCUT2D eigenvalue weighted by molar-refractivity contribution is -0.185. The van der Waals surface area contributed by atoms with Gasteiger partial charge in [0.2, 0.25) is 0 Å². The van der Waals surface area contributed by atoms with Crippen molar-refractivity contribution in [2.45, 2.75) is 31.1 Å². The van der Waals surface area contributed by atoms with Crippen LogP contribution in [0.15, 0.2) is 0 Å². The molecule has 0 aromatic rings. The van der Waals surface area contributed by atoms with Crippen LogP contribution in [0.3, 0.4) is 0 Å². The van der Waals surface area contributed by atoms with E-state index in [0.717, 1.165) is 13.5 Å². The second kappa shape index (κ2) is 6.31. The standard InChI is InChI=1S/C13H21F3N4O2/c1-17-9-3-5-19(7-9)12(22)20-6-4-10(8-20)18(2)11(21)13(14,15)16/h9-10,17H,3-8H2,1-2H3. The first-order valence-corrected chi connectivity index (χ1v) is 7.29. The second-order valence-electron chi connectivity index (χ2n) is 5.81. The Balaban J connectivity index is 1.90. The molecule has 0 aromatic heterocycles. The summed E-state index contributed by atoms with van der Waals surface area (Å²) < 4.78 is 37.3. The van der Waals surface area contributed by atoms with Crippen LogP contribution in [0.5, 0.6) is 0 Å². The minimum absolute atomic E-state index is 0.151. The molecule has 2 unspecified atom stereocenters. The van der Waals surface area contributed by atoms with Crippen molar-refractivity contribution in [2.24, 2.45) is 0 Å². The van der Waals surface area contributed by atoms with Crippen molar-refractivity contribution < 1.29 is 22.8 Å². The lowest BCUT2D eigenvalue weighted by atomic mass is 10.2. The van der Waals surface area contributed by atoms with Crippen LogP contribution >= 0.6 is 0 Å². The summed E-state index contributed by atoms with van der Waals surface area (Å²) in [5, 5.41) is 3.11. The highest BCUT2D eigenvalue weighted by Gasteiger charge is 2.45. The lowest BCUT2D eigenvalue weighted by Crippen LogP contribution is -2.47. The van der Waals surface area contributed by atoms with Gasteiger partial charge in [0.1, 0.15) is 0 Å².